The van der Waals surface area contributed by atoms with Crippen molar-refractivity contribution in [1.82, 2.24) is 0 Å². The summed E-state index contributed by atoms with van der Waals surface area (Å²) in [7, 11) is 0. The van der Waals surface area contributed by atoms with Crippen LogP contribution in [0.3, 0.4) is 0 Å². The Balaban J connectivity index is 0. The monoisotopic (exact) mass is 436 g/mol. The number of hydrogen-bond donors (Lipinski definition) is 2. The maximum atomic E-state index is 11.3. The standard InChI is InChI=1S/C25H48O4.Na.H/c1-3-5-7-9-11-13-15-17-19-22(21-23(24(26)27)25(28)29)20-18-16-14-12-10-8-6-4-2;;/h22-23H,3-21H2,1-2H3,(H,26,27)(H,28,29);;. The van der Waals surface area contributed by atoms with Crippen LogP contribution in [0.25, 0.3) is 0 Å². The van der Waals surface area contributed by atoms with E-state index in [0.29, 0.717) is 0 Å². The maximum absolute atomic E-state index is 11.3. The van der Waals surface area contributed by atoms with Crippen molar-refractivity contribution in [1.29, 1.82) is 0 Å². The molecule has 0 aromatic rings. The fraction of sp³-hybridized carbons (Fsp3) is 0.920. The van der Waals surface area contributed by atoms with Gasteiger partial charge in [-0.25, -0.2) is 0 Å². The van der Waals surface area contributed by atoms with Crippen LogP contribution in [0.1, 0.15) is 136 Å². The van der Waals surface area contributed by atoms with E-state index in [4.69, 9.17) is 0 Å². The molecule has 0 rings (SSSR count). The molecule has 0 saturated heterocycles. The molecule has 0 aliphatic rings. The predicted molar refractivity (Wildman–Crippen MR) is 128 cm³/mol. The quantitative estimate of drug-likeness (QED) is 0.107. The van der Waals surface area contributed by atoms with E-state index < -0.39 is 17.9 Å². The van der Waals surface area contributed by atoms with E-state index in [0.717, 1.165) is 25.7 Å². The SMILES string of the molecule is CCCCCCCCCCC(CCCCCCCCCC)CC(C(=O)O)C(=O)O.[NaH]. The first-order valence-corrected chi connectivity index (χ1v) is 12.5. The van der Waals surface area contributed by atoms with Crippen molar-refractivity contribution in [2.24, 2.45) is 11.8 Å². The van der Waals surface area contributed by atoms with Gasteiger partial charge in [0.25, 0.3) is 0 Å². The molecule has 5 heteroatoms. The molecule has 0 atom stereocenters. The second-order valence-electron chi connectivity index (χ2n) is 8.86. The number of unbranched alkanes of at least 4 members (excludes halogenated alkanes) is 14. The van der Waals surface area contributed by atoms with Crippen LogP contribution in [0.15, 0.2) is 0 Å². The van der Waals surface area contributed by atoms with Gasteiger partial charge in [-0.1, -0.05) is 129 Å². The van der Waals surface area contributed by atoms with Gasteiger partial charge in [-0.05, 0) is 12.3 Å². The minimum atomic E-state index is -1.25. The van der Waals surface area contributed by atoms with Crippen molar-refractivity contribution in [3.8, 4) is 0 Å². The molecule has 0 bridgehead atoms. The zero-order valence-electron chi connectivity index (χ0n) is 19.3. The molecule has 30 heavy (non-hydrogen) atoms. The Labute approximate surface area is 208 Å². The second kappa shape index (κ2) is 23.6. The number of aliphatic carboxylic acids is 2. The Morgan fingerprint density at radius 2 is 0.867 bits per heavy atom. The van der Waals surface area contributed by atoms with Gasteiger partial charge in [-0.15, -0.1) is 0 Å². The molecule has 0 aliphatic carbocycles. The van der Waals surface area contributed by atoms with Crippen LogP contribution in [-0.4, -0.2) is 51.7 Å². The van der Waals surface area contributed by atoms with Crippen LogP contribution in [-0.2, 0) is 9.59 Å². The van der Waals surface area contributed by atoms with Crippen molar-refractivity contribution < 1.29 is 19.8 Å². The first kappa shape index (κ1) is 32.1. The van der Waals surface area contributed by atoms with Crippen molar-refractivity contribution in [2.75, 3.05) is 0 Å². The van der Waals surface area contributed by atoms with E-state index in [9.17, 15) is 19.8 Å². The number of carbonyl (C=O) groups is 2. The molecule has 0 heterocycles. The minimum absolute atomic E-state index is 0. The molecule has 4 nitrogen and oxygen atoms in total. The van der Waals surface area contributed by atoms with E-state index in [-0.39, 0.29) is 41.9 Å². The van der Waals surface area contributed by atoms with Gasteiger partial charge in [0.1, 0.15) is 0 Å². The van der Waals surface area contributed by atoms with Gasteiger partial charge in [-0.2, -0.15) is 0 Å². The molecular weight excluding hydrogens is 387 g/mol. The fourth-order valence-corrected chi connectivity index (χ4v) is 4.15. The van der Waals surface area contributed by atoms with Crippen LogP contribution in [0.2, 0.25) is 0 Å². The third-order valence-electron chi connectivity index (χ3n) is 6.10. The Hall–Kier alpha value is -0.0600. The van der Waals surface area contributed by atoms with Crippen LogP contribution in [0, 0.1) is 11.8 Å². The summed E-state index contributed by atoms with van der Waals surface area (Å²) in [5.41, 5.74) is 0. The molecule has 0 amide bonds. The van der Waals surface area contributed by atoms with Crippen LogP contribution < -0.4 is 0 Å². The molecule has 0 radical (unpaired) electrons. The number of rotatable bonds is 22. The summed E-state index contributed by atoms with van der Waals surface area (Å²) in [6.07, 6.45) is 22.4. The van der Waals surface area contributed by atoms with Gasteiger partial charge >= 0.3 is 41.5 Å². The first-order chi connectivity index (χ1) is 14.0. The summed E-state index contributed by atoms with van der Waals surface area (Å²) < 4.78 is 0. The van der Waals surface area contributed by atoms with Crippen LogP contribution >= 0.6 is 0 Å². The summed E-state index contributed by atoms with van der Waals surface area (Å²) in [6.45, 7) is 4.46. The van der Waals surface area contributed by atoms with E-state index >= 15 is 0 Å². The molecular formula is C25H49NaO4. The summed E-state index contributed by atoms with van der Waals surface area (Å²) in [4.78, 5) is 22.6. The molecule has 2 N–H and O–H groups in total. The first-order valence-electron chi connectivity index (χ1n) is 12.5. The van der Waals surface area contributed by atoms with Gasteiger partial charge in [0, 0.05) is 0 Å². The average Bonchev–Trinajstić information content (AvgIpc) is 2.68. The topological polar surface area (TPSA) is 74.6 Å². The molecule has 0 saturated carbocycles. The van der Waals surface area contributed by atoms with Crippen molar-refractivity contribution in [3.63, 3.8) is 0 Å². The average molecular weight is 437 g/mol. The zero-order chi connectivity index (χ0) is 21.7. The predicted octanol–water partition coefficient (Wildman–Crippen LogP) is 7.19. The van der Waals surface area contributed by atoms with Gasteiger partial charge in [0.2, 0.25) is 0 Å². The van der Waals surface area contributed by atoms with Gasteiger partial charge in [-0.3, -0.25) is 9.59 Å². The summed E-state index contributed by atoms with van der Waals surface area (Å²) in [5, 5.41) is 18.5. The Morgan fingerprint density at radius 1 is 0.567 bits per heavy atom. The van der Waals surface area contributed by atoms with Crippen molar-refractivity contribution in [3.05, 3.63) is 0 Å². The van der Waals surface area contributed by atoms with Gasteiger partial charge in [0.05, 0.1) is 0 Å². The Bertz CT molecular complexity index is 367. The molecule has 0 unspecified atom stereocenters. The Kier molecular flexibility index (Phi) is 25.3. The van der Waals surface area contributed by atoms with Crippen LogP contribution in [0.4, 0.5) is 0 Å². The summed E-state index contributed by atoms with van der Waals surface area (Å²) in [6, 6.07) is 0. The molecule has 0 aliphatic heterocycles. The number of carboxylic acid groups (broad SMARTS) is 2. The normalized spacial score (nSPS) is 11.1. The van der Waals surface area contributed by atoms with Crippen LogP contribution in [0.5, 0.6) is 0 Å². The molecule has 0 spiro atoms. The molecule has 174 valence electrons. The van der Waals surface area contributed by atoms with Gasteiger partial charge < -0.3 is 10.2 Å². The Morgan fingerprint density at radius 3 is 1.17 bits per heavy atom. The number of hydrogen-bond acceptors (Lipinski definition) is 2. The fourth-order valence-electron chi connectivity index (χ4n) is 4.15. The van der Waals surface area contributed by atoms with E-state index in [1.54, 1.807) is 0 Å². The zero-order valence-corrected chi connectivity index (χ0v) is 19.3. The van der Waals surface area contributed by atoms with Crippen molar-refractivity contribution >= 4 is 41.5 Å². The second-order valence-corrected chi connectivity index (χ2v) is 8.86. The number of carboxylic acids is 2. The summed E-state index contributed by atoms with van der Waals surface area (Å²) >= 11 is 0. The van der Waals surface area contributed by atoms with E-state index in [2.05, 4.69) is 13.8 Å². The third-order valence-corrected chi connectivity index (χ3v) is 6.10. The molecule has 0 aromatic carbocycles. The van der Waals surface area contributed by atoms with Gasteiger partial charge in [0.15, 0.2) is 5.92 Å². The summed E-state index contributed by atoms with van der Waals surface area (Å²) in [5.74, 6) is -3.39. The van der Waals surface area contributed by atoms with E-state index in [1.807, 2.05) is 0 Å². The van der Waals surface area contributed by atoms with Crippen molar-refractivity contribution in [2.45, 2.75) is 136 Å². The molecule has 0 aromatic heterocycles. The third kappa shape index (κ3) is 19.9. The van der Waals surface area contributed by atoms with E-state index in [1.165, 1.54) is 89.9 Å². The molecule has 0 fully saturated rings.